The van der Waals surface area contributed by atoms with Gasteiger partial charge in [0, 0.05) is 6.54 Å². The number of nitrogens with one attached hydrogen (secondary N) is 3. The van der Waals surface area contributed by atoms with Crippen molar-refractivity contribution < 1.29 is 28.1 Å². The molecule has 0 saturated heterocycles. The number of nitrogens with zero attached hydrogens (tertiary/aromatic N) is 2. The highest BCUT2D eigenvalue weighted by Gasteiger charge is 2.30. The Hall–Kier alpha value is -1.77. The maximum Gasteiger partial charge on any atom is 0.475 e. The summed E-state index contributed by atoms with van der Waals surface area (Å²) >= 11 is 0. The molecule has 0 aliphatic rings. The van der Waals surface area contributed by atoms with Crippen molar-refractivity contribution in [2.24, 2.45) is 16.6 Å². The number of amides is 1. The predicted molar refractivity (Wildman–Crippen MR) is 134 cm³/mol. The van der Waals surface area contributed by atoms with E-state index in [9.17, 15) is 28.2 Å². The van der Waals surface area contributed by atoms with E-state index in [-0.39, 0.29) is 30.6 Å². The summed E-state index contributed by atoms with van der Waals surface area (Å²) in [6.45, 7) is 6.02. The number of nitrogens with two attached hydrogens (primary N) is 1. The predicted octanol–water partition coefficient (Wildman–Crippen LogP) is 0.186. The Bertz CT molecular complexity index is 735. The fourth-order valence-corrected chi connectivity index (χ4v) is 4.69. The number of hydrogen-bond donors (Lipinski definition) is 6. The van der Waals surface area contributed by atoms with Crippen LogP contribution in [0.4, 0.5) is 0 Å². The van der Waals surface area contributed by atoms with E-state index in [1.54, 1.807) is 0 Å². The van der Waals surface area contributed by atoms with Crippen LogP contribution in [-0.4, -0.2) is 73.6 Å². The summed E-state index contributed by atoms with van der Waals surface area (Å²) < 4.78 is 27.7. The van der Waals surface area contributed by atoms with E-state index >= 15 is 0 Å². The summed E-state index contributed by atoms with van der Waals surface area (Å²) in [6, 6.07) is -1.11. The lowest BCUT2D eigenvalue weighted by molar-refractivity contribution is -0.562. The van der Waals surface area contributed by atoms with E-state index < -0.39 is 35.0 Å². The van der Waals surface area contributed by atoms with Crippen molar-refractivity contribution in [3.8, 4) is 0 Å². The lowest BCUT2D eigenvalue weighted by Crippen LogP contribution is -2.54. The van der Waals surface area contributed by atoms with Crippen molar-refractivity contribution in [3.05, 3.63) is 4.91 Å². The highest BCUT2D eigenvalue weighted by atomic mass is 32.2. The first-order chi connectivity index (χ1) is 15.9. The minimum absolute atomic E-state index is 0.0823. The molecule has 0 aliphatic carbocycles. The number of guanidine groups is 1. The van der Waals surface area contributed by atoms with Gasteiger partial charge in [-0.2, -0.15) is 0 Å². The summed E-state index contributed by atoms with van der Waals surface area (Å²) in [6.07, 6.45) is 6.27. The molecule has 34 heavy (non-hydrogen) atoms. The number of aliphatic imine (C=N–C) groups is 1. The lowest BCUT2D eigenvalue weighted by Gasteiger charge is -2.24. The van der Waals surface area contributed by atoms with E-state index in [0.717, 1.165) is 32.1 Å². The topological polar surface area (TPSA) is 186 Å². The van der Waals surface area contributed by atoms with Crippen molar-refractivity contribution in [3.63, 3.8) is 0 Å². The molecule has 0 saturated carbocycles. The number of hydrazine groups is 1. The molecule has 0 fully saturated rings. The van der Waals surface area contributed by atoms with Gasteiger partial charge in [-0.1, -0.05) is 58.3 Å². The fraction of sp³-hybridized carbons (Fsp3) is 0.900. The van der Waals surface area contributed by atoms with Crippen LogP contribution in [0, 0.1) is 10.8 Å². The molecule has 0 spiro atoms. The molecule has 198 valence electrons. The van der Waals surface area contributed by atoms with Crippen molar-refractivity contribution in [2.45, 2.75) is 90.5 Å². The molecule has 0 aromatic heterocycles. The summed E-state index contributed by atoms with van der Waals surface area (Å²) in [5.74, 6) is -1.67. The first-order valence-electron chi connectivity index (χ1n) is 12.0. The molecular formula is C20H44BN6O6S+. The molecule has 0 radical (unpaired) electrons. The zero-order chi connectivity index (χ0) is 26.1. The van der Waals surface area contributed by atoms with Gasteiger partial charge < -0.3 is 21.1 Å². The molecule has 2 atom stereocenters. The van der Waals surface area contributed by atoms with Gasteiger partial charge in [0.2, 0.25) is 28.9 Å². The maximum absolute atomic E-state index is 12.9. The number of sulfonamides is 1. The van der Waals surface area contributed by atoms with Crippen LogP contribution in [0.2, 0.25) is 0 Å². The van der Waals surface area contributed by atoms with Gasteiger partial charge in [0.15, 0.2) is 0 Å². The number of carbonyl (C=O) groups is 1. The molecule has 12 nitrogen and oxygen atoms in total. The SMILES string of the molecule is CCCCCCCCS(=O)(=O)N[C@@H](CCCN=C(N)N[N+](C)=O)C(=O)N[C@@H](CC(C)C)B(O)O. The van der Waals surface area contributed by atoms with Gasteiger partial charge in [-0.3, -0.25) is 4.79 Å². The second kappa shape index (κ2) is 17.6. The molecule has 0 aromatic carbocycles. The van der Waals surface area contributed by atoms with E-state index in [4.69, 9.17) is 5.73 Å². The first-order valence-corrected chi connectivity index (χ1v) is 13.7. The van der Waals surface area contributed by atoms with Crippen molar-refractivity contribution in [2.75, 3.05) is 19.3 Å². The van der Waals surface area contributed by atoms with Gasteiger partial charge in [0.05, 0.1) is 16.6 Å². The Kier molecular flexibility index (Phi) is 16.7. The van der Waals surface area contributed by atoms with Crippen LogP contribution in [0.5, 0.6) is 0 Å². The third kappa shape index (κ3) is 16.8. The molecule has 0 rings (SSSR count). The lowest BCUT2D eigenvalue weighted by atomic mass is 9.75. The molecule has 0 aromatic rings. The third-order valence-corrected chi connectivity index (χ3v) is 6.49. The van der Waals surface area contributed by atoms with Crippen LogP contribution in [-0.2, 0) is 14.8 Å². The average Bonchev–Trinajstić information content (AvgIpc) is 2.71. The minimum Gasteiger partial charge on any atom is -0.426 e. The molecule has 14 heteroatoms. The van der Waals surface area contributed by atoms with Crippen LogP contribution in [0.3, 0.4) is 0 Å². The first kappa shape index (κ1) is 32.2. The Morgan fingerprint density at radius 2 is 1.74 bits per heavy atom. The second-order valence-electron chi connectivity index (χ2n) is 8.93. The maximum atomic E-state index is 12.9. The number of rotatable bonds is 19. The number of nitroso groups, excluding NO2 is 1. The quantitative estimate of drug-likeness (QED) is 0.0357. The van der Waals surface area contributed by atoms with E-state index in [1.807, 2.05) is 13.8 Å². The number of hydrogen-bond acceptors (Lipinski definition) is 7. The van der Waals surface area contributed by atoms with Gasteiger partial charge in [-0.25, -0.2) is 18.1 Å². The van der Waals surface area contributed by atoms with Crippen LogP contribution < -0.4 is 21.2 Å². The van der Waals surface area contributed by atoms with Gasteiger partial charge >= 0.3 is 7.12 Å². The molecule has 1 amide bonds. The molecule has 0 heterocycles. The van der Waals surface area contributed by atoms with E-state index in [2.05, 4.69) is 27.4 Å². The highest BCUT2D eigenvalue weighted by molar-refractivity contribution is 7.89. The van der Waals surface area contributed by atoms with E-state index in [0.29, 0.717) is 24.1 Å². The largest absolute Gasteiger partial charge is 0.475 e. The van der Waals surface area contributed by atoms with Crippen molar-refractivity contribution in [1.29, 1.82) is 0 Å². The Balaban J connectivity index is 5.12. The number of unbranched alkanes of at least 4 members (excludes halogenated alkanes) is 5. The summed E-state index contributed by atoms with van der Waals surface area (Å²) in [7, 11) is -4.28. The van der Waals surface area contributed by atoms with Gasteiger partial charge in [0.1, 0.15) is 10.9 Å². The van der Waals surface area contributed by atoms with Crippen LogP contribution in [0.15, 0.2) is 4.99 Å². The van der Waals surface area contributed by atoms with E-state index in [1.165, 1.54) is 7.05 Å². The Labute approximate surface area is 204 Å². The molecular weight excluding hydrogens is 463 g/mol. The number of carbonyl (C=O) groups excluding carboxylic acids is 1. The molecule has 0 aliphatic heterocycles. The summed E-state index contributed by atoms with van der Waals surface area (Å²) in [5, 5.41) is 21.8. The Morgan fingerprint density at radius 3 is 2.29 bits per heavy atom. The van der Waals surface area contributed by atoms with Crippen LogP contribution in [0.1, 0.15) is 78.6 Å². The van der Waals surface area contributed by atoms with Gasteiger partial charge in [-0.15, -0.1) is 0 Å². The van der Waals surface area contributed by atoms with Gasteiger partial charge in [-0.05, 0) is 31.6 Å². The molecule has 0 unspecified atom stereocenters. The van der Waals surface area contributed by atoms with Gasteiger partial charge in [0.25, 0.3) is 0 Å². The third-order valence-electron chi connectivity index (χ3n) is 5.02. The average molecular weight is 507 g/mol. The van der Waals surface area contributed by atoms with Crippen molar-refractivity contribution in [1.82, 2.24) is 15.5 Å². The normalized spacial score (nSPS) is 14.0. The van der Waals surface area contributed by atoms with Crippen molar-refractivity contribution >= 4 is 29.0 Å². The summed E-state index contributed by atoms with van der Waals surface area (Å²) in [4.78, 5) is 28.1. The molecule has 0 bridgehead atoms. The standard InChI is InChI=1S/C20H43BN6O6S/c1-5-6-7-8-9-10-14-34(32,33)26-17(12-11-13-23-20(22)25-27(4)31)19(28)24-18(21(29)30)15-16(2)3/h16-18,26,29-30H,5-15H2,1-4H3,(H3-,22,23,24,25,28,31)/p+1/t17-,18-/m0/s1. The summed E-state index contributed by atoms with van der Waals surface area (Å²) in [5.41, 5.74) is 7.80. The van der Waals surface area contributed by atoms with Crippen LogP contribution >= 0.6 is 0 Å². The second-order valence-corrected chi connectivity index (χ2v) is 10.8. The zero-order valence-corrected chi connectivity index (χ0v) is 21.8. The minimum atomic E-state index is -3.72. The smallest absolute Gasteiger partial charge is 0.426 e. The fourth-order valence-electron chi connectivity index (χ4n) is 3.33. The molecule has 7 N–H and O–H groups in total. The zero-order valence-electron chi connectivity index (χ0n) is 21.0. The van der Waals surface area contributed by atoms with Crippen LogP contribution in [0.25, 0.3) is 0 Å². The monoisotopic (exact) mass is 507 g/mol. The highest BCUT2D eigenvalue weighted by Crippen LogP contribution is 2.10. The Morgan fingerprint density at radius 1 is 1.12 bits per heavy atom.